The molecule has 0 saturated heterocycles. The summed E-state index contributed by atoms with van der Waals surface area (Å²) in [5.74, 6) is 0.953. The molecular weight excluding hydrogens is 252 g/mol. The molecule has 0 aliphatic carbocycles. The van der Waals surface area contributed by atoms with Crippen molar-refractivity contribution in [2.45, 2.75) is 26.7 Å². The van der Waals surface area contributed by atoms with Gasteiger partial charge in [-0.3, -0.25) is 0 Å². The fourth-order valence-corrected chi connectivity index (χ4v) is 1.57. The van der Waals surface area contributed by atoms with Crippen molar-refractivity contribution in [3.05, 3.63) is 34.3 Å². The third kappa shape index (κ3) is 4.08. The summed E-state index contributed by atoms with van der Waals surface area (Å²) >= 11 is 3.29. The number of ether oxygens (including phenoxy) is 1. The van der Waals surface area contributed by atoms with Crippen LogP contribution in [0.3, 0.4) is 0 Å². The molecule has 0 fully saturated rings. The first-order chi connectivity index (χ1) is 7.27. The zero-order valence-electron chi connectivity index (χ0n) is 9.29. The Morgan fingerprint density at radius 1 is 1.40 bits per heavy atom. The van der Waals surface area contributed by atoms with Gasteiger partial charge in [0.2, 0.25) is 0 Å². The second kappa shape index (κ2) is 6.67. The molecule has 0 amide bonds. The second-order valence-electron chi connectivity index (χ2n) is 3.51. The van der Waals surface area contributed by atoms with Gasteiger partial charge in [-0.2, -0.15) is 0 Å². The summed E-state index contributed by atoms with van der Waals surface area (Å²) in [6.45, 7) is 5.06. The van der Waals surface area contributed by atoms with E-state index in [1.54, 1.807) is 0 Å². The Kier molecular flexibility index (Phi) is 5.48. The van der Waals surface area contributed by atoms with Crippen molar-refractivity contribution in [3.63, 3.8) is 0 Å². The molecule has 82 valence electrons. The molecule has 1 nitrogen and oxygen atoms in total. The van der Waals surface area contributed by atoms with Gasteiger partial charge < -0.3 is 4.74 Å². The third-order valence-electron chi connectivity index (χ3n) is 2.26. The molecule has 1 rings (SSSR count). The number of rotatable bonds is 5. The molecule has 0 spiro atoms. The maximum Gasteiger partial charge on any atom is 0.119 e. The number of hydrogen-bond acceptors (Lipinski definition) is 1. The Hall–Kier alpha value is -0.760. The zero-order valence-corrected chi connectivity index (χ0v) is 10.9. The molecule has 15 heavy (non-hydrogen) atoms. The van der Waals surface area contributed by atoms with E-state index in [1.807, 2.05) is 17.1 Å². The average Bonchev–Trinajstić information content (AvgIpc) is 2.23. The van der Waals surface area contributed by atoms with Crippen LogP contribution in [0.15, 0.2) is 23.2 Å². The monoisotopic (exact) mass is 268 g/mol. The Morgan fingerprint density at radius 3 is 2.87 bits per heavy atom. The van der Waals surface area contributed by atoms with Gasteiger partial charge in [0.1, 0.15) is 5.75 Å². The zero-order chi connectivity index (χ0) is 11.1. The van der Waals surface area contributed by atoms with Crippen LogP contribution < -0.4 is 4.74 Å². The average molecular weight is 269 g/mol. The van der Waals surface area contributed by atoms with E-state index in [-0.39, 0.29) is 0 Å². The molecule has 0 aromatic heterocycles. The van der Waals surface area contributed by atoms with Crippen molar-refractivity contribution in [2.75, 3.05) is 6.61 Å². The van der Waals surface area contributed by atoms with Crippen LogP contribution >= 0.6 is 15.9 Å². The van der Waals surface area contributed by atoms with E-state index < -0.39 is 0 Å². The Labute approximate surface area is 100 Å². The van der Waals surface area contributed by atoms with Crippen LogP contribution in [0.1, 0.15) is 30.9 Å². The lowest BCUT2D eigenvalue weighted by atomic mass is 10.1. The Bertz CT molecular complexity index is 331. The lowest BCUT2D eigenvalue weighted by molar-refractivity contribution is 0.309. The molecule has 0 aliphatic rings. The summed E-state index contributed by atoms with van der Waals surface area (Å²) < 4.78 is 5.64. The third-order valence-corrected chi connectivity index (χ3v) is 2.52. The van der Waals surface area contributed by atoms with E-state index in [2.05, 4.69) is 41.9 Å². The molecule has 1 aromatic carbocycles. The number of hydrogen-bond donors (Lipinski definition) is 0. The van der Waals surface area contributed by atoms with Gasteiger partial charge in [-0.15, -0.1) is 0 Å². The minimum Gasteiger partial charge on any atom is -0.494 e. The molecular formula is C13H17BrO. The molecule has 0 heterocycles. The first-order valence-corrected chi connectivity index (χ1v) is 6.19. The van der Waals surface area contributed by atoms with Gasteiger partial charge in [0.15, 0.2) is 0 Å². The molecule has 0 atom stereocenters. The highest BCUT2D eigenvalue weighted by Crippen LogP contribution is 2.19. The molecule has 1 aromatic rings. The van der Waals surface area contributed by atoms with Crippen LogP contribution in [0.4, 0.5) is 0 Å². The molecule has 0 N–H and O–H groups in total. The Balaban J connectivity index is 2.69. The summed E-state index contributed by atoms with van der Waals surface area (Å²) in [4.78, 5) is 1.87. The normalized spacial score (nSPS) is 10.9. The van der Waals surface area contributed by atoms with Gasteiger partial charge in [-0.25, -0.2) is 0 Å². The fourth-order valence-electron chi connectivity index (χ4n) is 1.29. The van der Waals surface area contributed by atoms with E-state index in [0.29, 0.717) is 0 Å². The first kappa shape index (κ1) is 12.3. The highest BCUT2D eigenvalue weighted by Gasteiger charge is 1.98. The van der Waals surface area contributed by atoms with Crippen molar-refractivity contribution < 1.29 is 4.74 Å². The first-order valence-electron chi connectivity index (χ1n) is 5.28. The lowest BCUT2D eigenvalue weighted by Crippen LogP contribution is -1.96. The number of halogens is 1. The molecule has 0 radical (unpaired) electrons. The Morgan fingerprint density at radius 2 is 2.20 bits per heavy atom. The predicted octanol–water partition coefficient (Wildman–Crippen LogP) is 4.54. The van der Waals surface area contributed by atoms with Gasteiger partial charge in [0.25, 0.3) is 0 Å². The maximum atomic E-state index is 5.64. The minimum atomic E-state index is 0.803. The standard InChI is InChI=1S/C13H17BrO/c1-3-4-9-15-13-6-5-11(2)12(10-13)7-8-14/h5-8,10H,3-4,9H2,1-2H3/b8-7+. The van der Waals surface area contributed by atoms with Crippen LogP contribution in [0, 0.1) is 6.92 Å². The number of aryl methyl sites for hydroxylation is 1. The molecule has 0 unspecified atom stereocenters. The second-order valence-corrected chi connectivity index (χ2v) is 4.04. The molecule has 2 heteroatoms. The van der Waals surface area contributed by atoms with Crippen molar-refractivity contribution in [1.82, 2.24) is 0 Å². The topological polar surface area (TPSA) is 9.23 Å². The van der Waals surface area contributed by atoms with Crippen molar-refractivity contribution in [3.8, 4) is 5.75 Å². The van der Waals surface area contributed by atoms with Crippen LogP contribution in [0.25, 0.3) is 6.08 Å². The van der Waals surface area contributed by atoms with E-state index >= 15 is 0 Å². The van der Waals surface area contributed by atoms with E-state index in [0.717, 1.165) is 18.8 Å². The van der Waals surface area contributed by atoms with E-state index in [4.69, 9.17) is 4.74 Å². The quantitative estimate of drug-likeness (QED) is 0.713. The summed E-state index contributed by atoms with van der Waals surface area (Å²) in [6.07, 6.45) is 4.31. The van der Waals surface area contributed by atoms with Gasteiger partial charge in [0, 0.05) is 0 Å². The van der Waals surface area contributed by atoms with E-state index in [1.165, 1.54) is 17.5 Å². The van der Waals surface area contributed by atoms with Crippen molar-refractivity contribution in [1.29, 1.82) is 0 Å². The van der Waals surface area contributed by atoms with Crippen molar-refractivity contribution in [2.24, 2.45) is 0 Å². The molecule has 0 bridgehead atoms. The molecule has 0 saturated carbocycles. The maximum absolute atomic E-state index is 5.64. The van der Waals surface area contributed by atoms with Crippen LogP contribution in [0.2, 0.25) is 0 Å². The van der Waals surface area contributed by atoms with Gasteiger partial charge in [-0.1, -0.05) is 35.3 Å². The predicted molar refractivity (Wildman–Crippen MR) is 69.5 cm³/mol. The smallest absolute Gasteiger partial charge is 0.119 e. The van der Waals surface area contributed by atoms with Gasteiger partial charge in [0.05, 0.1) is 6.61 Å². The lowest BCUT2D eigenvalue weighted by Gasteiger charge is -2.07. The van der Waals surface area contributed by atoms with Gasteiger partial charge in [-0.05, 0) is 47.7 Å². The van der Waals surface area contributed by atoms with Gasteiger partial charge >= 0.3 is 0 Å². The van der Waals surface area contributed by atoms with Crippen LogP contribution in [-0.2, 0) is 0 Å². The van der Waals surface area contributed by atoms with Crippen molar-refractivity contribution >= 4 is 22.0 Å². The number of benzene rings is 1. The number of unbranched alkanes of at least 4 members (excludes halogenated alkanes) is 1. The van der Waals surface area contributed by atoms with Crippen LogP contribution in [0.5, 0.6) is 5.75 Å². The highest BCUT2D eigenvalue weighted by molar-refractivity contribution is 9.11. The fraction of sp³-hybridized carbons (Fsp3) is 0.385. The summed E-state index contributed by atoms with van der Waals surface area (Å²) in [6, 6.07) is 6.18. The van der Waals surface area contributed by atoms with E-state index in [9.17, 15) is 0 Å². The summed E-state index contributed by atoms with van der Waals surface area (Å²) in [5.41, 5.74) is 2.45. The minimum absolute atomic E-state index is 0.803. The summed E-state index contributed by atoms with van der Waals surface area (Å²) in [5, 5.41) is 0. The molecule has 0 aliphatic heterocycles. The highest BCUT2D eigenvalue weighted by atomic mass is 79.9. The van der Waals surface area contributed by atoms with Crippen LogP contribution in [-0.4, -0.2) is 6.61 Å². The summed E-state index contributed by atoms with van der Waals surface area (Å²) in [7, 11) is 0. The SMILES string of the molecule is CCCCOc1ccc(C)c(/C=C/Br)c1. The largest absolute Gasteiger partial charge is 0.494 e.